The van der Waals surface area contributed by atoms with Gasteiger partial charge in [0.1, 0.15) is 5.82 Å². The van der Waals surface area contributed by atoms with Gasteiger partial charge in [0.15, 0.2) is 21.2 Å². The predicted octanol–water partition coefficient (Wildman–Crippen LogP) is 6.46. The zero-order valence-corrected chi connectivity index (χ0v) is 27.4. The second kappa shape index (κ2) is 10.9. The number of nitrogens with zero attached hydrogens (tertiary/aromatic N) is 2. The van der Waals surface area contributed by atoms with Crippen LogP contribution in [0.15, 0.2) is 82.9 Å². The average Bonchev–Trinajstić information content (AvgIpc) is 3.37. The molecular weight excluding hydrogens is 702 g/mol. The molecule has 7 rings (SSSR count). The molecule has 0 unspecified atom stereocenters. The summed E-state index contributed by atoms with van der Waals surface area (Å²) >= 11 is 18.2. The standard InChI is InChI=1S/C34H26BrCl2FN2O6/c1-2-46-26-15-17(3-14-25(26)41)28-22-12-13-23-27(30(43)39(29(23)42)20-8-4-18(35)5-9-20)24(22)16-33(36)31(44)40(32(45)34(28,33)37)21-10-6-19(38)7-11-21/h3-12,14-15,23-24,27-28,41H,2,13,16H2,1H3/t23-,24+,27-,28-,33+,34-/m0/s1. The van der Waals surface area contributed by atoms with E-state index in [0.29, 0.717) is 16.8 Å². The van der Waals surface area contributed by atoms with Crippen LogP contribution in [-0.4, -0.2) is 45.1 Å². The fraction of sp³-hybridized carbons (Fsp3) is 0.294. The van der Waals surface area contributed by atoms with Crippen molar-refractivity contribution in [2.45, 2.75) is 35.4 Å². The summed E-state index contributed by atoms with van der Waals surface area (Å²) in [6, 6.07) is 16.2. The lowest BCUT2D eigenvalue weighted by Gasteiger charge is -2.50. The fourth-order valence-electron chi connectivity index (χ4n) is 7.60. The molecule has 6 atom stereocenters. The highest BCUT2D eigenvalue weighted by molar-refractivity contribution is 9.10. The van der Waals surface area contributed by atoms with Crippen molar-refractivity contribution in [1.29, 1.82) is 0 Å². The Balaban J connectivity index is 1.40. The van der Waals surface area contributed by atoms with Crippen LogP contribution in [-0.2, 0) is 19.2 Å². The SMILES string of the molecule is CCOc1cc([C@H]2C3=CC[C@@H]4C(=O)N(c5ccc(Br)cc5)C(=O)[C@@H]4[C@@H]3C[C@@]3(Cl)C(=O)N(c4ccc(F)cc4)C(=O)[C@@]23Cl)ccc1O. The molecule has 3 fully saturated rings. The quantitative estimate of drug-likeness (QED) is 0.184. The van der Waals surface area contributed by atoms with Gasteiger partial charge in [-0.15, -0.1) is 23.2 Å². The van der Waals surface area contributed by atoms with Crippen molar-refractivity contribution in [3.8, 4) is 11.5 Å². The van der Waals surface area contributed by atoms with Gasteiger partial charge in [-0.3, -0.25) is 24.1 Å². The van der Waals surface area contributed by atoms with Crippen LogP contribution >= 0.6 is 39.1 Å². The normalized spacial score (nSPS) is 30.2. The Morgan fingerprint density at radius 3 is 2.24 bits per heavy atom. The zero-order valence-electron chi connectivity index (χ0n) is 24.3. The largest absolute Gasteiger partial charge is 0.504 e. The molecule has 0 spiro atoms. The van der Waals surface area contributed by atoms with Crippen molar-refractivity contribution in [3.63, 3.8) is 0 Å². The maximum absolute atomic E-state index is 14.5. The highest BCUT2D eigenvalue weighted by Crippen LogP contribution is 2.66. The third-order valence-corrected chi connectivity index (χ3v) is 11.5. The van der Waals surface area contributed by atoms with E-state index in [9.17, 15) is 28.7 Å². The maximum Gasteiger partial charge on any atom is 0.258 e. The number of hydrogen-bond acceptors (Lipinski definition) is 6. The molecule has 46 heavy (non-hydrogen) atoms. The molecule has 0 aromatic heterocycles. The summed E-state index contributed by atoms with van der Waals surface area (Å²) in [5.41, 5.74) is 1.54. The first kappa shape index (κ1) is 30.9. The number of allylic oxidation sites excluding steroid dienone is 2. The third kappa shape index (κ3) is 4.22. The van der Waals surface area contributed by atoms with E-state index in [1.807, 2.05) is 6.08 Å². The number of fused-ring (bicyclic) bond motifs is 4. The number of phenolic OH excluding ortho intramolecular Hbond substituents is 1. The maximum atomic E-state index is 14.5. The summed E-state index contributed by atoms with van der Waals surface area (Å²) < 4.78 is 20.3. The zero-order chi connectivity index (χ0) is 32.7. The van der Waals surface area contributed by atoms with E-state index >= 15 is 0 Å². The Morgan fingerprint density at radius 1 is 0.913 bits per heavy atom. The van der Waals surface area contributed by atoms with E-state index in [1.54, 1.807) is 43.3 Å². The van der Waals surface area contributed by atoms with Gasteiger partial charge in [0.05, 0.1) is 29.8 Å². The Hall–Kier alpha value is -3.73. The number of anilines is 2. The van der Waals surface area contributed by atoms with Crippen LogP contribution in [0.4, 0.5) is 15.8 Å². The molecule has 8 nitrogen and oxygen atoms in total. The summed E-state index contributed by atoms with van der Waals surface area (Å²) in [6.45, 7) is 1.99. The molecule has 0 bridgehead atoms. The molecule has 236 valence electrons. The number of amides is 4. The number of aromatic hydroxyl groups is 1. The van der Waals surface area contributed by atoms with E-state index in [1.165, 1.54) is 23.1 Å². The van der Waals surface area contributed by atoms with Gasteiger partial charge in [0.25, 0.3) is 11.8 Å². The number of rotatable bonds is 5. The number of carbonyl (C=O) groups excluding carboxylic acids is 4. The van der Waals surface area contributed by atoms with Crippen molar-refractivity contribution in [2.75, 3.05) is 16.4 Å². The summed E-state index contributed by atoms with van der Waals surface area (Å²) in [4.78, 5) is 54.7. The molecule has 1 saturated carbocycles. The molecule has 3 aromatic carbocycles. The Morgan fingerprint density at radius 2 is 1.57 bits per heavy atom. The topological polar surface area (TPSA) is 104 Å². The molecular formula is C34H26BrCl2FN2O6. The molecule has 2 aliphatic carbocycles. The van der Waals surface area contributed by atoms with E-state index in [-0.39, 0.29) is 42.5 Å². The first-order chi connectivity index (χ1) is 21.9. The minimum Gasteiger partial charge on any atom is -0.504 e. The molecule has 4 amide bonds. The first-order valence-corrected chi connectivity index (χ1v) is 16.3. The highest BCUT2D eigenvalue weighted by Gasteiger charge is 2.76. The minimum atomic E-state index is -2.09. The summed E-state index contributed by atoms with van der Waals surface area (Å²) in [5, 5.41) is 10.5. The Labute approximate surface area is 281 Å². The van der Waals surface area contributed by atoms with Crippen molar-refractivity contribution >= 4 is 74.1 Å². The molecule has 2 heterocycles. The average molecular weight is 728 g/mol. The van der Waals surface area contributed by atoms with E-state index in [0.717, 1.165) is 21.5 Å². The number of hydrogen-bond donors (Lipinski definition) is 1. The van der Waals surface area contributed by atoms with Gasteiger partial charge in [-0.2, -0.15) is 0 Å². The van der Waals surface area contributed by atoms with Gasteiger partial charge in [0.2, 0.25) is 11.8 Å². The second-order valence-electron chi connectivity index (χ2n) is 11.9. The number of halogens is 4. The monoisotopic (exact) mass is 726 g/mol. The summed E-state index contributed by atoms with van der Waals surface area (Å²) in [7, 11) is 0. The molecule has 2 aliphatic heterocycles. The van der Waals surface area contributed by atoms with Crippen LogP contribution in [0.25, 0.3) is 0 Å². The molecule has 4 aliphatic rings. The minimum absolute atomic E-state index is 0.0914. The van der Waals surface area contributed by atoms with E-state index < -0.39 is 57.0 Å². The van der Waals surface area contributed by atoms with Crippen LogP contribution in [0, 0.1) is 23.6 Å². The predicted molar refractivity (Wildman–Crippen MR) is 172 cm³/mol. The van der Waals surface area contributed by atoms with Crippen LogP contribution in [0.1, 0.15) is 31.2 Å². The molecule has 1 N–H and O–H groups in total. The number of phenols is 1. The third-order valence-electron chi connectivity index (χ3n) is 9.60. The molecule has 2 saturated heterocycles. The van der Waals surface area contributed by atoms with Gasteiger partial charge >= 0.3 is 0 Å². The van der Waals surface area contributed by atoms with Gasteiger partial charge < -0.3 is 9.84 Å². The molecule has 0 radical (unpaired) electrons. The van der Waals surface area contributed by atoms with Crippen molar-refractivity contribution in [3.05, 3.63) is 94.2 Å². The van der Waals surface area contributed by atoms with Gasteiger partial charge in [-0.1, -0.05) is 33.6 Å². The number of carbonyl (C=O) groups is 4. The van der Waals surface area contributed by atoms with Crippen LogP contribution < -0.4 is 14.5 Å². The molecule has 12 heteroatoms. The van der Waals surface area contributed by atoms with Crippen molar-refractivity contribution < 1.29 is 33.4 Å². The van der Waals surface area contributed by atoms with E-state index in [4.69, 9.17) is 27.9 Å². The number of ether oxygens (including phenoxy) is 1. The van der Waals surface area contributed by atoms with Crippen LogP contribution in [0.2, 0.25) is 0 Å². The summed E-state index contributed by atoms with van der Waals surface area (Å²) in [5.74, 6) is -6.35. The fourth-order valence-corrected chi connectivity index (χ4v) is 8.80. The second-order valence-corrected chi connectivity index (χ2v) is 14.1. The lowest BCUT2D eigenvalue weighted by molar-refractivity contribution is -0.125. The smallest absolute Gasteiger partial charge is 0.258 e. The highest BCUT2D eigenvalue weighted by atomic mass is 79.9. The van der Waals surface area contributed by atoms with Crippen LogP contribution in [0.5, 0.6) is 11.5 Å². The first-order valence-electron chi connectivity index (χ1n) is 14.7. The lowest BCUT2D eigenvalue weighted by atomic mass is 9.56. The number of benzene rings is 3. The van der Waals surface area contributed by atoms with Crippen molar-refractivity contribution in [2.24, 2.45) is 17.8 Å². The van der Waals surface area contributed by atoms with Gasteiger partial charge in [-0.05, 0) is 91.9 Å². The van der Waals surface area contributed by atoms with Gasteiger partial charge in [0, 0.05) is 10.4 Å². The lowest BCUT2D eigenvalue weighted by Crippen LogP contribution is -2.60. The molecule has 3 aromatic rings. The Kier molecular flexibility index (Phi) is 7.34. The number of alkyl halides is 2. The summed E-state index contributed by atoms with van der Waals surface area (Å²) in [6.07, 6.45) is 1.83. The van der Waals surface area contributed by atoms with Crippen LogP contribution in [0.3, 0.4) is 0 Å². The van der Waals surface area contributed by atoms with Crippen molar-refractivity contribution in [1.82, 2.24) is 0 Å². The van der Waals surface area contributed by atoms with Gasteiger partial charge in [-0.25, -0.2) is 9.29 Å². The number of imide groups is 2. The Bertz CT molecular complexity index is 1850. The van der Waals surface area contributed by atoms with E-state index in [2.05, 4.69) is 15.9 Å².